The molecule has 0 spiro atoms. The number of nitrogens with zero attached hydrogens (tertiary/aromatic N) is 1. The van der Waals surface area contributed by atoms with E-state index in [2.05, 4.69) is 0 Å². The Labute approximate surface area is 81.1 Å². The zero-order chi connectivity index (χ0) is 10.9. The highest BCUT2D eigenvalue weighted by Crippen LogP contribution is 2.26. The lowest BCUT2D eigenvalue weighted by atomic mass is 9.96. The number of carbonyl (C=O) groups excluding carboxylic acids is 2. The minimum atomic E-state index is -1.10. The van der Waals surface area contributed by atoms with E-state index in [4.69, 9.17) is 15.7 Å². The number of ether oxygens (including phenoxy) is 1. The second-order valence-electron chi connectivity index (χ2n) is 3.14. The van der Waals surface area contributed by atoms with E-state index in [9.17, 15) is 9.59 Å². The fraction of sp³-hybridized carbons (Fsp3) is 0.444. The van der Waals surface area contributed by atoms with E-state index >= 15 is 0 Å². The van der Waals surface area contributed by atoms with Gasteiger partial charge in [0.1, 0.15) is 6.10 Å². The number of carbonyl (C=O) groups is 2. The maximum atomic E-state index is 11.1. The van der Waals surface area contributed by atoms with E-state index in [0.717, 1.165) is 0 Å². The van der Waals surface area contributed by atoms with Gasteiger partial charge in [0.25, 0.3) is 0 Å². The molecule has 1 aliphatic rings. The smallest absolute Gasteiger partial charge is 0.334 e. The van der Waals surface area contributed by atoms with Crippen molar-refractivity contribution in [3.05, 3.63) is 11.1 Å². The lowest BCUT2D eigenvalue weighted by Gasteiger charge is -2.14. The summed E-state index contributed by atoms with van der Waals surface area (Å²) in [7, 11) is 0. The monoisotopic (exact) mass is 194 g/mol. The fourth-order valence-electron chi connectivity index (χ4n) is 1.27. The fourth-order valence-corrected chi connectivity index (χ4v) is 1.27. The summed E-state index contributed by atoms with van der Waals surface area (Å²) in [6.45, 7) is 3.24. The first-order chi connectivity index (χ1) is 6.49. The number of rotatable bonds is 2. The first-order valence-corrected chi connectivity index (χ1v) is 4.06. The SMILES string of the molecule is CC1=C(C)C(C(C#N)C(N)=O)OC1=O. The van der Waals surface area contributed by atoms with Crippen LogP contribution in [0.3, 0.4) is 0 Å². The Morgan fingerprint density at radius 1 is 1.64 bits per heavy atom. The Kier molecular flexibility index (Phi) is 2.56. The van der Waals surface area contributed by atoms with E-state index in [0.29, 0.717) is 11.1 Å². The molecule has 0 saturated carbocycles. The lowest BCUT2D eigenvalue weighted by Crippen LogP contribution is -2.33. The number of primary amides is 1. The van der Waals surface area contributed by atoms with Crippen molar-refractivity contribution in [2.24, 2.45) is 11.7 Å². The van der Waals surface area contributed by atoms with Crippen molar-refractivity contribution in [1.29, 1.82) is 5.26 Å². The van der Waals surface area contributed by atoms with Crippen molar-refractivity contribution >= 4 is 11.9 Å². The molecular formula is C9H10N2O3. The Morgan fingerprint density at radius 3 is 2.50 bits per heavy atom. The predicted octanol–water partition coefficient (Wildman–Crippen LogP) is -0.127. The third-order valence-corrected chi connectivity index (χ3v) is 2.31. The van der Waals surface area contributed by atoms with Gasteiger partial charge in [-0.05, 0) is 19.4 Å². The largest absolute Gasteiger partial charge is 0.452 e. The van der Waals surface area contributed by atoms with Crippen molar-refractivity contribution in [3.63, 3.8) is 0 Å². The second-order valence-corrected chi connectivity index (χ2v) is 3.14. The molecule has 0 aromatic heterocycles. The first-order valence-electron chi connectivity index (χ1n) is 4.06. The minimum absolute atomic E-state index is 0.441. The van der Waals surface area contributed by atoms with Gasteiger partial charge in [-0.2, -0.15) is 5.26 Å². The van der Waals surface area contributed by atoms with Crippen molar-refractivity contribution in [3.8, 4) is 6.07 Å². The molecule has 0 fully saturated rings. The summed E-state index contributed by atoms with van der Waals surface area (Å²) >= 11 is 0. The Morgan fingerprint density at radius 2 is 2.21 bits per heavy atom. The summed E-state index contributed by atoms with van der Waals surface area (Å²) in [5.74, 6) is -2.37. The van der Waals surface area contributed by atoms with Crippen molar-refractivity contribution in [1.82, 2.24) is 0 Å². The molecule has 1 amide bonds. The molecule has 14 heavy (non-hydrogen) atoms. The molecule has 2 unspecified atom stereocenters. The van der Waals surface area contributed by atoms with E-state index in [1.165, 1.54) is 0 Å². The zero-order valence-corrected chi connectivity index (χ0v) is 7.90. The van der Waals surface area contributed by atoms with Crippen LogP contribution in [0.25, 0.3) is 0 Å². The van der Waals surface area contributed by atoms with Crippen LogP contribution in [0.2, 0.25) is 0 Å². The van der Waals surface area contributed by atoms with Gasteiger partial charge in [0.2, 0.25) is 5.91 Å². The van der Waals surface area contributed by atoms with Crippen molar-refractivity contribution < 1.29 is 14.3 Å². The number of amides is 1. The molecule has 2 atom stereocenters. The second kappa shape index (κ2) is 3.50. The van der Waals surface area contributed by atoms with E-state index in [1.54, 1.807) is 19.9 Å². The molecule has 5 heteroatoms. The predicted molar refractivity (Wildman–Crippen MR) is 46.6 cm³/mol. The van der Waals surface area contributed by atoms with Crippen LogP contribution in [0.1, 0.15) is 13.8 Å². The van der Waals surface area contributed by atoms with Gasteiger partial charge in [0, 0.05) is 5.57 Å². The molecule has 0 aromatic rings. The van der Waals surface area contributed by atoms with E-state index in [-0.39, 0.29) is 0 Å². The standard InChI is InChI=1S/C9H10N2O3/c1-4-5(2)9(13)14-7(4)6(3-10)8(11)12/h6-7H,1-2H3,(H2,11,12). The highest BCUT2D eigenvalue weighted by atomic mass is 16.5. The molecule has 5 nitrogen and oxygen atoms in total. The molecule has 2 N–H and O–H groups in total. The van der Waals surface area contributed by atoms with E-state index in [1.807, 2.05) is 0 Å². The molecular weight excluding hydrogens is 184 g/mol. The Balaban J connectivity index is 2.99. The van der Waals surface area contributed by atoms with Crippen LogP contribution in [0.4, 0.5) is 0 Å². The first kappa shape index (κ1) is 10.3. The topological polar surface area (TPSA) is 93.2 Å². The van der Waals surface area contributed by atoms with Crippen LogP contribution in [-0.4, -0.2) is 18.0 Å². The summed E-state index contributed by atoms with van der Waals surface area (Å²) in [5, 5.41) is 8.68. The van der Waals surface area contributed by atoms with Crippen molar-refractivity contribution in [2.45, 2.75) is 20.0 Å². The average Bonchev–Trinajstić information content (AvgIpc) is 2.35. The zero-order valence-electron chi connectivity index (χ0n) is 7.90. The van der Waals surface area contributed by atoms with Crippen LogP contribution in [0, 0.1) is 17.2 Å². The van der Waals surface area contributed by atoms with Crippen molar-refractivity contribution in [2.75, 3.05) is 0 Å². The summed E-state index contributed by atoms with van der Waals surface area (Å²) in [6, 6.07) is 1.73. The van der Waals surface area contributed by atoms with E-state index < -0.39 is 23.9 Å². The summed E-state index contributed by atoms with van der Waals surface area (Å²) in [6.07, 6.45) is -0.815. The molecule has 1 aliphatic heterocycles. The normalized spacial score (nSPS) is 22.9. The maximum absolute atomic E-state index is 11.1. The van der Waals surface area contributed by atoms with Gasteiger partial charge in [0.05, 0.1) is 6.07 Å². The molecule has 0 radical (unpaired) electrons. The average molecular weight is 194 g/mol. The third kappa shape index (κ3) is 1.46. The quantitative estimate of drug-likeness (QED) is 0.620. The number of hydrogen-bond donors (Lipinski definition) is 1. The molecule has 0 bridgehead atoms. The van der Waals surface area contributed by atoms with Gasteiger partial charge in [-0.25, -0.2) is 4.79 Å². The van der Waals surface area contributed by atoms with Gasteiger partial charge >= 0.3 is 5.97 Å². The number of cyclic esters (lactones) is 1. The van der Waals surface area contributed by atoms with Gasteiger partial charge in [0.15, 0.2) is 5.92 Å². The summed E-state index contributed by atoms with van der Waals surface area (Å²) in [5.41, 5.74) is 6.04. The molecule has 0 saturated heterocycles. The minimum Gasteiger partial charge on any atom is -0.452 e. The summed E-state index contributed by atoms with van der Waals surface area (Å²) < 4.78 is 4.86. The number of nitrogens with two attached hydrogens (primary N) is 1. The van der Waals surface area contributed by atoms with Gasteiger partial charge in [-0.3, -0.25) is 4.79 Å². The Hall–Kier alpha value is -1.83. The number of nitriles is 1. The maximum Gasteiger partial charge on any atom is 0.334 e. The van der Waals surface area contributed by atoms with Crippen LogP contribution in [-0.2, 0) is 14.3 Å². The molecule has 1 heterocycles. The Bertz CT molecular complexity index is 365. The van der Waals surface area contributed by atoms with Crippen LogP contribution in [0.5, 0.6) is 0 Å². The van der Waals surface area contributed by atoms with Crippen LogP contribution in [0.15, 0.2) is 11.1 Å². The van der Waals surface area contributed by atoms with Gasteiger partial charge < -0.3 is 10.5 Å². The lowest BCUT2D eigenvalue weighted by molar-refractivity contribution is -0.142. The molecule has 0 aliphatic carbocycles. The number of hydrogen-bond acceptors (Lipinski definition) is 4. The highest BCUT2D eigenvalue weighted by Gasteiger charge is 2.37. The van der Waals surface area contributed by atoms with Gasteiger partial charge in [-0.15, -0.1) is 0 Å². The van der Waals surface area contributed by atoms with Gasteiger partial charge in [-0.1, -0.05) is 0 Å². The van der Waals surface area contributed by atoms with Crippen LogP contribution < -0.4 is 5.73 Å². The molecule has 74 valence electrons. The number of esters is 1. The summed E-state index contributed by atoms with van der Waals surface area (Å²) in [4.78, 5) is 22.0. The third-order valence-electron chi connectivity index (χ3n) is 2.31. The highest BCUT2D eigenvalue weighted by molar-refractivity contribution is 5.93. The van der Waals surface area contributed by atoms with Crippen LogP contribution >= 0.6 is 0 Å². The molecule has 0 aromatic carbocycles. The molecule has 1 rings (SSSR count).